The Kier molecular flexibility index (Phi) is 4.59. The van der Waals surface area contributed by atoms with E-state index < -0.39 is 0 Å². The van der Waals surface area contributed by atoms with E-state index >= 15 is 0 Å². The summed E-state index contributed by atoms with van der Waals surface area (Å²) in [4.78, 5) is 24.8. The van der Waals surface area contributed by atoms with Crippen LogP contribution in [-0.4, -0.2) is 5.91 Å². The Morgan fingerprint density at radius 2 is 1.72 bits per heavy atom. The predicted molar refractivity (Wildman–Crippen MR) is 113 cm³/mol. The molecule has 2 aromatic carbocycles. The lowest BCUT2D eigenvalue weighted by molar-refractivity contribution is 0.0996. The van der Waals surface area contributed by atoms with E-state index in [0.29, 0.717) is 22.4 Å². The van der Waals surface area contributed by atoms with Gasteiger partial charge in [-0.1, -0.05) is 45.0 Å². The fourth-order valence-corrected chi connectivity index (χ4v) is 3.11. The molecule has 4 rings (SSSR count). The second kappa shape index (κ2) is 7.09. The quantitative estimate of drug-likeness (QED) is 0.496. The van der Waals surface area contributed by atoms with E-state index in [9.17, 15) is 9.59 Å². The number of furan rings is 1. The van der Waals surface area contributed by atoms with E-state index in [2.05, 4.69) is 26.1 Å². The molecule has 0 aliphatic rings. The van der Waals surface area contributed by atoms with E-state index in [1.165, 1.54) is 17.9 Å². The van der Waals surface area contributed by atoms with Crippen LogP contribution in [0.5, 0.6) is 0 Å². The normalized spacial score (nSPS) is 11.6. The molecule has 2 aromatic heterocycles. The van der Waals surface area contributed by atoms with Crippen LogP contribution in [0.2, 0.25) is 0 Å². The van der Waals surface area contributed by atoms with Gasteiger partial charge in [-0.05, 0) is 41.3 Å². The van der Waals surface area contributed by atoms with E-state index in [1.807, 2.05) is 24.3 Å². The van der Waals surface area contributed by atoms with Gasteiger partial charge >= 0.3 is 0 Å². The topological polar surface area (TPSA) is 72.5 Å². The maximum absolute atomic E-state index is 12.7. The third-order valence-electron chi connectivity index (χ3n) is 4.77. The fraction of sp³-hybridized carbons (Fsp3) is 0.167. The van der Waals surface area contributed by atoms with Crippen LogP contribution < -0.4 is 10.7 Å². The molecule has 5 heteroatoms. The molecule has 2 heterocycles. The summed E-state index contributed by atoms with van der Waals surface area (Å²) in [5.74, 6) is 0.329. The van der Waals surface area contributed by atoms with E-state index in [1.54, 1.807) is 30.3 Å². The summed E-state index contributed by atoms with van der Waals surface area (Å²) in [5.41, 5.74) is 2.89. The number of amides is 1. The van der Waals surface area contributed by atoms with E-state index in [0.717, 1.165) is 5.56 Å². The Labute approximate surface area is 168 Å². The lowest BCUT2D eigenvalue weighted by atomic mass is 9.86. The number of hydrogen-bond acceptors (Lipinski definition) is 4. The molecule has 0 fully saturated rings. The number of benzene rings is 2. The van der Waals surface area contributed by atoms with E-state index in [-0.39, 0.29) is 22.5 Å². The van der Waals surface area contributed by atoms with Gasteiger partial charge in [0.2, 0.25) is 0 Å². The second-order valence-electron chi connectivity index (χ2n) is 7.94. The summed E-state index contributed by atoms with van der Waals surface area (Å²) >= 11 is 0. The molecule has 0 aliphatic heterocycles. The molecule has 0 unspecified atom stereocenters. The number of fused-ring (bicyclic) bond motifs is 1. The van der Waals surface area contributed by atoms with Gasteiger partial charge in [-0.15, -0.1) is 0 Å². The highest BCUT2D eigenvalue weighted by Gasteiger charge is 2.15. The average Bonchev–Trinajstić information content (AvgIpc) is 3.23. The van der Waals surface area contributed by atoms with Crippen molar-refractivity contribution < 1.29 is 13.6 Å². The number of anilines is 1. The standard InChI is InChI=1S/C24H21NO4/c1-24(2,3)16-8-6-15(7-9-16)22-14-19(26)18-13-17(10-11-20(18)29-22)25-23(27)21-5-4-12-28-21/h4-14H,1-3H3,(H,25,27). The van der Waals surface area contributed by atoms with E-state index in [4.69, 9.17) is 8.83 Å². The Morgan fingerprint density at radius 1 is 0.966 bits per heavy atom. The molecule has 0 saturated carbocycles. The van der Waals surface area contributed by atoms with Crippen LogP contribution in [-0.2, 0) is 5.41 Å². The lowest BCUT2D eigenvalue weighted by Gasteiger charge is -2.19. The summed E-state index contributed by atoms with van der Waals surface area (Å²) < 4.78 is 11.0. The molecule has 0 aliphatic carbocycles. The second-order valence-corrected chi connectivity index (χ2v) is 7.94. The molecule has 29 heavy (non-hydrogen) atoms. The SMILES string of the molecule is CC(C)(C)c1ccc(-c2cc(=O)c3cc(NC(=O)c4ccco4)ccc3o2)cc1. The maximum atomic E-state index is 12.7. The molecule has 146 valence electrons. The summed E-state index contributed by atoms with van der Waals surface area (Å²) in [6.45, 7) is 6.46. The third-order valence-corrected chi connectivity index (χ3v) is 4.77. The van der Waals surface area contributed by atoms with Gasteiger partial charge in [-0.3, -0.25) is 9.59 Å². The minimum atomic E-state index is -0.380. The molecule has 0 radical (unpaired) electrons. The maximum Gasteiger partial charge on any atom is 0.291 e. The summed E-state index contributed by atoms with van der Waals surface area (Å²) in [7, 11) is 0. The van der Waals surface area contributed by atoms with Gasteiger partial charge in [0.1, 0.15) is 11.3 Å². The van der Waals surface area contributed by atoms with Crippen molar-refractivity contribution in [3.63, 3.8) is 0 Å². The van der Waals surface area contributed by atoms with Crippen LogP contribution in [0.15, 0.2) is 80.6 Å². The highest BCUT2D eigenvalue weighted by molar-refractivity contribution is 6.03. The average molecular weight is 387 g/mol. The molecule has 0 bridgehead atoms. The first-order valence-corrected chi connectivity index (χ1v) is 9.35. The highest BCUT2D eigenvalue weighted by atomic mass is 16.3. The molecule has 0 saturated heterocycles. The first kappa shape index (κ1) is 18.7. The summed E-state index contributed by atoms with van der Waals surface area (Å²) in [6, 6.07) is 17.7. The number of rotatable bonds is 3. The van der Waals surface area contributed by atoms with Gasteiger partial charge in [0.15, 0.2) is 11.2 Å². The Morgan fingerprint density at radius 3 is 2.38 bits per heavy atom. The van der Waals surface area contributed by atoms with Crippen LogP contribution >= 0.6 is 0 Å². The van der Waals surface area contributed by atoms with Gasteiger partial charge in [0.25, 0.3) is 5.91 Å². The Hall–Kier alpha value is -3.60. The van der Waals surface area contributed by atoms with Crippen molar-refractivity contribution >= 4 is 22.6 Å². The Balaban J connectivity index is 1.66. The van der Waals surface area contributed by atoms with Crippen molar-refractivity contribution in [1.82, 2.24) is 0 Å². The molecule has 1 amide bonds. The summed E-state index contributed by atoms with van der Waals surface area (Å²) in [6.07, 6.45) is 1.43. The first-order chi connectivity index (χ1) is 13.8. The van der Waals surface area contributed by atoms with Gasteiger partial charge in [0.05, 0.1) is 11.6 Å². The zero-order valence-electron chi connectivity index (χ0n) is 16.5. The molecule has 5 nitrogen and oxygen atoms in total. The Bertz CT molecular complexity index is 1230. The lowest BCUT2D eigenvalue weighted by Crippen LogP contribution is -2.11. The number of nitrogens with one attached hydrogen (secondary N) is 1. The smallest absolute Gasteiger partial charge is 0.291 e. The van der Waals surface area contributed by atoms with Crippen molar-refractivity contribution in [1.29, 1.82) is 0 Å². The van der Waals surface area contributed by atoms with Gasteiger partial charge in [0, 0.05) is 17.3 Å². The van der Waals surface area contributed by atoms with Crippen LogP contribution in [0.1, 0.15) is 36.9 Å². The summed E-state index contributed by atoms with van der Waals surface area (Å²) in [5, 5.41) is 3.12. The minimum Gasteiger partial charge on any atom is -0.459 e. The molecule has 0 spiro atoms. The van der Waals surface area contributed by atoms with Crippen LogP contribution in [0.25, 0.3) is 22.3 Å². The zero-order chi connectivity index (χ0) is 20.6. The van der Waals surface area contributed by atoms with Crippen molar-refractivity contribution in [3.8, 4) is 11.3 Å². The van der Waals surface area contributed by atoms with Crippen molar-refractivity contribution in [3.05, 3.63) is 88.5 Å². The number of carbonyl (C=O) groups is 1. The molecular formula is C24H21NO4. The zero-order valence-corrected chi connectivity index (χ0v) is 16.5. The van der Waals surface area contributed by atoms with Crippen molar-refractivity contribution in [2.24, 2.45) is 0 Å². The molecule has 4 aromatic rings. The van der Waals surface area contributed by atoms with Crippen molar-refractivity contribution in [2.45, 2.75) is 26.2 Å². The molecular weight excluding hydrogens is 366 g/mol. The highest BCUT2D eigenvalue weighted by Crippen LogP contribution is 2.27. The van der Waals surface area contributed by atoms with Crippen LogP contribution in [0.4, 0.5) is 5.69 Å². The number of hydrogen-bond donors (Lipinski definition) is 1. The molecule has 0 atom stereocenters. The fourth-order valence-electron chi connectivity index (χ4n) is 3.11. The van der Waals surface area contributed by atoms with Gasteiger partial charge in [-0.2, -0.15) is 0 Å². The first-order valence-electron chi connectivity index (χ1n) is 9.35. The van der Waals surface area contributed by atoms with Crippen LogP contribution in [0, 0.1) is 0 Å². The largest absolute Gasteiger partial charge is 0.459 e. The van der Waals surface area contributed by atoms with Crippen LogP contribution in [0.3, 0.4) is 0 Å². The van der Waals surface area contributed by atoms with Gasteiger partial charge < -0.3 is 14.2 Å². The van der Waals surface area contributed by atoms with Gasteiger partial charge in [-0.25, -0.2) is 0 Å². The number of carbonyl (C=O) groups excluding carboxylic acids is 1. The third kappa shape index (κ3) is 3.85. The molecule has 1 N–H and O–H groups in total. The van der Waals surface area contributed by atoms with Crippen molar-refractivity contribution in [2.75, 3.05) is 5.32 Å². The predicted octanol–water partition coefficient (Wildman–Crippen LogP) is 5.60. The monoisotopic (exact) mass is 387 g/mol. The minimum absolute atomic E-state index is 0.0548.